The van der Waals surface area contributed by atoms with Crippen molar-refractivity contribution in [2.24, 2.45) is 0 Å². The highest BCUT2D eigenvalue weighted by molar-refractivity contribution is 7.14. The Labute approximate surface area is 191 Å². The molecule has 8 heteroatoms. The monoisotopic (exact) mass is 453 g/mol. The molecule has 2 aromatic carbocycles. The molecule has 0 radical (unpaired) electrons. The summed E-state index contributed by atoms with van der Waals surface area (Å²) in [6, 6.07) is 14.3. The van der Waals surface area contributed by atoms with Crippen molar-refractivity contribution >= 4 is 34.0 Å². The first kappa shape index (κ1) is 23.3. The van der Waals surface area contributed by atoms with Gasteiger partial charge < -0.3 is 14.8 Å². The molecule has 0 aliphatic heterocycles. The van der Waals surface area contributed by atoms with Gasteiger partial charge in [-0.05, 0) is 37.1 Å². The molecule has 32 heavy (non-hydrogen) atoms. The number of hydrogen-bond acceptors (Lipinski definition) is 6. The van der Waals surface area contributed by atoms with Crippen molar-refractivity contribution in [3.8, 4) is 11.5 Å². The van der Waals surface area contributed by atoms with Crippen LogP contribution in [0.4, 0.5) is 10.8 Å². The highest BCUT2D eigenvalue weighted by Gasteiger charge is 2.13. The summed E-state index contributed by atoms with van der Waals surface area (Å²) in [5, 5.41) is 7.84. The van der Waals surface area contributed by atoms with Crippen molar-refractivity contribution in [1.82, 2.24) is 4.98 Å². The number of nitrogens with one attached hydrogen (secondary N) is 2. The number of amides is 2. The maximum atomic E-state index is 12.5. The minimum Gasteiger partial charge on any atom is -0.490 e. The summed E-state index contributed by atoms with van der Waals surface area (Å²) in [6.45, 7) is 5.23. The predicted molar refractivity (Wildman–Crippen MR) is 127 cm³/mol. The Morgan fingerprint density at radius 1 is 0.938 bits per heavy atom. The zero-order chi connectivity index (χ0) is 22.8. The first-order valence-corrected chi connectivity index (χ1v) is 11.5. The number of ether oxygens (including phenoxy) is 2. The minimum absolute atomic E-state index is 0.0942. The number of benzene rings is 2. The van der Waals surface area contributed by atoms with E-state index in [2.05, 4.69) is 15.6 Å². The molecule has 0 fully saturated rings. The highest BCUT2D eigenvalue weighted by Crippen LogP contribution is 2.31. The van der Waals surface area contributed by atoms with E-state index in [1.165, 1.54) is 11.3 Å². The summed E-state index contributed by atoms with van der Waals surface area (Å²) in [7, 11) is 0. The van der Waals surface area contributed by atoms with E-state index in [1.54, 1.807) is 47.8 Å². The molecular weight excluding hydrogens is 426 g/mol. The average molecular weight is 454 g/mol. The molecule has 0 atom stereocenters. The zero-order valence-corrected chi connectivity index (χ0v) is 19.0. The van der Waals surface area contributed by atoms with Crippen LogP contribution in [0.25, 0.3) is 0 Å². The molecule has 0 aliphatic rings. The van der Waals surface area contributed by atoms with Crippen LogP contribution in [0.1, 0.15) is 42.7 Å². The second-order valence-corrected chi connectivity index (χ2v) is 7.91. The maximum Gasteiger partial charge on any atom is 0.257 e. The van der Waals surface area contributed by atoms with Crippen molar-refractivity contribution < 1.29 is 19.1 Å². The zero-order valence-electron chi connectivity index (χ0n) is 18.2. The van der Waals surface area contributed by atoms with Gasteiger partial charge in [-0.15, -0.1) is 11.3 Å². The van der Waals surface area contributed by atoms with Crippen LogP contribution < -0.4 is 20.1 Å². The summed E-state index contributed by atoms with van der Waals surface area (Å²) in [4.78, 5) is 29.1. The van der Waals surface area contributed by atoms with Crippen LogP contribution in [0.3, 0.4) is 0 Å². The molecule has 1 aromatic heterocycles. The largest absolute Gasteiger partial charge is 0.490 e. The van der Waals surface area contributed by atoms with Gasteiger partial charge in [0, 0.05) is 22.7 Å². The average Bonchev–Trinajstić information content (AvgIpc) is 3.23. The number of carbonyl (C=O) groups excluding carboxylic acids is 2. The smallest absolute Gasteiger partial charge is 0.257 e. The molecule has 3 rings (SSSR count). The molecule has 0 spiro atoms. The molecule has 2 amide bonds. The number of thiazole rings is 1. The van der Waals surface area contributed by atoms with Gasteiger partial charge in [-0.3, -0.25) is 14.9 Å². The SMILES string of the molecule is CCCOc1ccc(NC(=O)Cc2csc(NC(=O)c3ccccc3)n2)cc1OCCC. The van der Waals surface area contributed by atoms with Crippen LogP contribution in [-0.4, -0.2) is 30.0 Å². The predicted octanol–water partition coefficient (Wildman–Crippen LogP) is 5.15. The number of anilines is 2. The summed E-state index contributed by atoms with van der Waals surface area (Å²) in [6.07, 6.45) is 1.86. The first-order chi connectivity index (χ1) is 15.6. The summed E-state index contributed by atoms with van der Waals surface area (Å²) in [5.74, 6) is 0.829. The van der Waals surface area contributed by atoms with Crippen molar-refractivity contribution in [3.63, 3.8) is 0 Å². The number of rotatable bonds is 11. The van der Waals surface area contributed by atoms with E-state index in [0.29, 0.717) is 46.8 Å². The van der Waals surface area contributed by atoms with Crippen LogP contribution >= 0.6 is 11.3 Å². The number of aromatic nitrogens is 1. The fourth-order valence-electron chi connectivity index (χ4n) is 2.82. The third-order valence-corrected chi connectivity index (χ3v) is 5.11. The van der Waals surface area contributed by atoms with E-state index in [0.717, 1.165) is 12.8 Å². The molecule has 0 bridgehead atoms. The summed E-state index contributed by atoms with van der Waals surface area (Å²) in [5.41, 5.74) is 1.76. The number of carbonyl (C=O) groups is 2. The third-order valence-electron chi connectivity index (χ3n) is 4.30. The summed E-state index contributed by atoms with van der Waals surface area (Å²) >= 11 is 1.28. The maximum absolute atomic E-state index is 12.5. The lowest BCUT2D eigenvalue weighted by Crippen LogP contribution is -2.15. The molecule has 2 N–H and O–H groups in total. The first-order valence-electron chi connectivity index (χ1n) is 10.6. The molecule has 0 aliphatic carbocycles. The Morgan fingerprint density at radius 2 is 1.66 bits per heavy atom. The van der Waals surface area contributed by atoms with Crippen LogP contribution in [0.2, 0.25) is 0 Å². The van der Waals surface area contributed by atoms with Gasteiger partial charge in [-0.25, -0.2) is 4.98 Å². The van der Waals surface area contributed by atoms with Gasteiger partial charge in [-0.2, -0.15) is 0 Å². The quantitative estimate of drug-likeness (QED) is 0.419. The molecule has 1 heterocycles. The molecule has 3 aromatic rings. The van der Waals surface area contributed by atoms with Gasteiger partial charge in [-0.1, -0.05) is 32.0 Å². The Kier molecular flexibility index (Phi) is 8.62. The van der Waals surface area contributed by atoms with Crippen LogP contribution in [0.5, 0.6) is 11.5 Å². The van der Waals surface area contributed by atoms with E-state index in [9.17, 15) is 9.59 Å². The molecule has 0 saturated carbocycles. The van der Waals surface area contributed by atoms with E-state index < -0.39 is 0 Å². The number of nitrogens with zero attached hydrogens (tertiary/aromatic N) is 1. The summed E-state index contributed by atoms with van der Waals surface area (Å²) < 4.78 is 11.5. The Bertz CT molecular complexity index is 1040. The van der Waals surface area contributed by atoms with Crippen molar-refractivity contribution in [3.05, 3.63) is 65.2 Å². The van der Waals surface area contributed by atoms with Crippen LogP contribution in [-0.2, 0) is 11.2 Å². The van der Waals surface area contributed by atoms with E-state index in [1.807, 2.05) is 19.9 Å². The second kappa shape index (κ2) is 11.9. The fraction of sp³-hybridized carbons (Fsp3) is 0.292. The van der Waals surface area contributed by atoms with Crippen LogP contribution in [0.15, 0.2) is 53.9 Å². The normalized spacial score (nSPS) is 10.4. The van der Waals surface area contributed by atoms with E-state index in [-0.39, 0.29) is 18.2 Å². The van der Waals surface area contributed by atoms with Gasteiger partial charge in [0.15, 0.2) is 16.6 Å². The minimum atomic E-state index is -0.235. The molecule has 7 nitrogen and oxygen atoms in total. The van der Waals surface area contributed by atoms with Crippen molar-refractivity contribution in [2.75, 3.05) is 23.8 Å². The van der Waals surface area contributed by atoms with Crippen LogP contribution in [0, 0.1) is 0 Å². The fourth-order valence-corrected chi connectivity index (χ4v) is 3.52. The van der Waals surface area contributed by atoms with Crippen molar-refractivity contribution in [2.45, 2.75) is 33.1 Å². The molecular formula is C24H27N3O4S. The topological polar surface area (TPSA) is 89.6 Å². The van der Waals surface area contributed by atoms with Gasteiger partial charge in [0.1, 0.15) is 0 Å². The molecule has 168 valence electrons. The Hall–Kier alpha value is -3.39. The van der Waals surface area contributed by atoms with E-state index >= 15 is 0 Å². The van der Waals surface area contributed by atoms with Gasteiger partial charge in [0.2, 0.25) is 5.91 Å². The lowest BCUT2D eigenvalue weighted by molar-refractivity contribution is -0.115. The highest BCUT2D eigenvalue weighted by atomic mass is 32.1. The van der Waals surface area contributed by atoms with Gasteiger partial charge in [0.05, 0.1) is 25.3 Å². The standard InChI is InChI=1S/C24H27N3O4S/c1-3-12-30-20-11-10-18(14-21(20)31-13-4-2)25-22(28)15-19-16-32-24(26-19)27-23(29)17-8-6-5-7-9-17/h5-11,14,16H,3-4,12-13,15H2,1-2H3,(H,25,28)(H,26,27,29). The van der Waals surface area contributed by atoms with Gasteiger partial charge >= 0.3 is 0 Å². The lowest BCUT2D eigenvalue weighted by Gasteiger charge is -2.14. The van der Waals surface area contributed by atoms with Crippen molar-refractivity contribution in [1.29, 1.82) is 0 Å². The molecule has 0 saturated heterocycles. The molecule has 0 unspecified atom stereocenters. The Morgan fingerprint density at radius 3 is 2.38 bits per heavy atom. The Balaban J connectivity index is 1.59. The van der Waals surface area contributed by atoms with Gasteiger partial charge in [0.25, 0.3) is 5.91 Å². The second-order valence-electron chi connectivity index (χ2n) is 7.05. The van der Waals surface area contributed by atoms with E-state index in [4.69, 9.17) is 9.47 Å². The third kappa shape index (κ3) is 6.81. The number of hydrogen-bond donors (Lipinski definition) is 2. The lowest BCUT2D eigenvalue weighted by atomic mass is 10.2.